The minimum Gasteiger partial charge on any atom is -0.330 e. The van der Waals surface area contributed by atoms with E-state index in [0.717, 1.165) is 12.8 Å². The second-order valence-corrected chi connectivity index (χ2v) is 7.48. The Hall–Kier alpha value is -2.13. The third kappa shape index (κ3) is 11.6. The number of carbonyl (C=O) groups is 1. The van der Waals surface area contributed by atoms with Gasteiger partial charge in [-0.2, -0.15) is 5.26 Å². The number of hydrogen-bond donors (Lipinski definition) is 3. The topological polar surface area (TPSA) is 77.0 Å². The number of para-hydroxylation sites is 1. The Morgan fingerprint density at radius 1 is 0.929 bits per heavy atom. The van der Waals surface area contributed by atoms with Gasteiger partial charge in [-0.1, -0.05) is 83.3 Å². The zero-order valence-corrected chi connectivity index (χ0v) is 17.9. The average Bonchev–Trinajstić information content (AvgIpc) is 2.71. The number of nitriles is 1. The number of rotatable bonds is 13. The highest BCUT2D eigenvalue weighted by Crippen LogP contribution is 2.13. The number of hydrazine groups is 1. The fourth-order valence-electron chi connectivity index (χ4n) is 2.98. The molecule has 3 N–H and O–H groups in total. The van der Waals surface area contributed by atoms with E-state index in [1.165, 1.54) is 57.8 Å². The van der Waals surface area contributed by atoms with Crippen LogP contribution in [0.15, 0.2) is 24.3 Å². The number of hydrogen-bond acceptors (Lipinski definition) is 3. The average molecular weight is 403 g/mol. The van der Waals surface area contributed by atoms with Gasteiger partial charge in [0, 0.05) is 6.42 Å². The lowest BCUT2D eigenvalue weighted by Crippen LogP contribution is -2.43. The predicted molar refractivity (Wildman–Crippen MR) is 120 cm³/mol. The quantitative estimate of drug-likeness (QED) is 0.228. The molecule has 0 spiro atoms. The Morgan fingerprint density at radius 2 is 1.50 bits per heavy atom. The van der Waals surface area contributed by atoms with Crippen molar-refractivity contribution < 1.29 is 4.79 Å². The molecule has 0 fully saturated rings. The summed E-state index contributed by atoms with van der Waals surface area (Å²) >= 11 is 5.14. The Bertz CT molecular complexity index is 627. The molecule has 1 aromatic carbocycles. The van der Waals surface area contributed by atoms with Crippen molar-refractivity contribution in [3.8, 4) is 6.07 Å². The van der Waals surface area contributed by atoms with E-state index < -0.39 is 0 Å². The van der Waals surface area contributed by atoms with Crippen molar-refractivity contribution >= 4 is 28.9 Å². The number of amides is 1. The SMILES string of the molecule is CCCCCCCCCCCCCC(=O)NNC(=S)Nc1ccccc1C#N. The minimum absolute atomic E-state index is 0.0753. The molecule has 6 heteroatoms. The fraction of sp³-hybridized carbons (Fsp3) is 0.591. The van der Waals surface area contributed by atoms with Crippen LogP contribution >= 0.6 is 12.2 Å². The van der Waals surface area contributed by atoms with E-state index in [2.05, 4.69) is 29.2 Å². The molecule has 28 heavy (non-hydrogen) atoms. The van der Waals surface area contributed by atoms with Crippen LogP contribution in [0.4, 0.5) is 5.69 Å². The van der Waals surface area contributed by atoms with E-state index in [1.807, 2.05) is 6.07 Å². The van der Waals surface area contributed by atoms with Gasteiger partial charge in [0.15, 0.2) is 5.11 Å². The van der Waals surface area contributed by atoms with Gasteiger partial charge in [-0.3, -0.25) is 15.6 Å². The lowest BCUT2D eigenvalue weighted by molar-refractivity contribution is -0.121. The van der Waals surface area contributed by atoms with E-state index in [0.29, 0.717) is 17.7 Å². The zero-order valence-electron chi connectivity index (χ0n) is 17.1. The molecule has 1 aromatic rings. The summed E-state index contributed by atoms with van der Waals surface area (Å²) in [5.74, 6) is -0.0753. The number of carbonyl (C=O) groups excluding carboxylic acids is 1. The molecule has 0 aromatic heterocycles. The molecule has 0 aliphatic carbocycles. The number of nitrogens with one attached hydrogen (secondary N) is 3. The molecule has 154 valence electrons. The van der Waals surface area contributed by atoms with Gasteiger partial charge in [0.2, 0.25) is 5.91 Å². The Morgan fingerprint density at radius 3 is 2.11 bits per heavy atom. The third-order valence-electron chi connectivity index (χ3n) is 4.62. The first-order valence-corrected chi connectivity index (χ1v) is 10.9. The molecule has 0 aliphatic heterocycles. The summed E-state index contributed by atoms with van der Waals surface area (Å²) < 4.78 is 0. The Labute approximate surface area is 175 Å². The van der Waals surface area contributed by atoms with Crippen LogP contribution in [0, 0.1) is 11.3 Å². The van der Waals surface area contributed by atoms with E-state index in [-0.39, 0.29) is 11.0 Å². The van der Waals surface area contributed by atoms with Crippen LogP contribution in [-0.4, -0.2) is 11.0 Å². The van der Waals surface area contributed by atoms with Crippen LogP contribution in [0.2, 0.25) is 0 Å². The molecule has 0 radical (unpaired) electrons. The molecule has 5 nitrogen and oxygen atoms in total. The number of unbranched alkanes of at least 4 members (excludes halogenated alkanes) is 10. The van der Waals surface area contributed by atoms with Gasteiger partial charge in [-0.15, -0.1) is 0 Å². The second-order valence-electron chi connectivity index (χ2n) is 7.07. The highest BCUT2D eigenvalue weighted by Gasteiger charge is 2.05. The van der Waals surface area contributed by atoms with Gasteiger partial charge in [0.25, 0.3) is 0 Å². The zero-order chi connectivity index (χ0) is 20.5. The third-order valence-corrected chi connectivity index (χ3v) is 4.82. The fourth-order valence-corrected chi connectivity index (χ4v) is 3.14. The largest absolute Gasteiger partial charge is 0.330 e. The van der Waals surface area contributed by atoms with E-state index in [9.17, 15) is 4.79 Å². The highest BCUT2D eigenvalue weighted by atomic mass is 32.1. The maximum atomic E-state index is 11.9. The summed E-state index contributed by atoms with van der Waals surface area (Å²) in [6.45, 7) is 2.25. The van der Waals surface area contributed by atoms with Crippen LogP contribution in [0.3, 0.4) is 0 Å². The number of nitrogens with zero attached hydrogens (tertiary/aromatic N) is 1. The summed E-state index contributed by atoms with van der Waals surface area (Å²) in [5, 5.41) is 12.2. The predicted octanol–water partition coefficient (Wildman–Crippen LogP) is 5.58. The maximum Gasteiger partial charge on any atom is 0.238 e. The monoisotopic (exact) mass is 402 g/mol. The number of benzene rings is 1. The molecule has 0 aliphatic rings. The van der Waals surface area contributed by atoms with Crippen molar-refractivity contribution in [2.45, 2.75) is 84.0 Å². The summed E-state index contributed by atoms with van der Waals surface area (Å²) in [6.07, 6.45) is 14.4. The first kappa shape index (κ1) is 23.9. The number of thiocarbonyl (C=S) groups is 1. The first-order chi connectivity index (χ1) is 13.7. The van der Waals surface area contributed by atoms with E-state index >= 15 is 0 Å². The van der Waals surface area contributed by atoms with E-state index in [1.54, 1.807) is 18.2 Å². The molecule has 0 atom stereocenters. The molecule has 0 heterocycles. The van der Waals surface area contributed by atoms with Gasteiger partial charge in [-0.25, -0.2) is 0 Å². The Balaban J connectivity index is 2.01. The van der Waals surface area contributed by atoms with Crippen molar-refractivity contribution in [1.82, 2.24) is 10.9 Å². The van der Waals surface area contributed by atoms with Gasteiger partial charge >= 0.3 is 0 Å². The van der Waals surface area contributed by atoms with Crippen LogP contribution in [-0.2, 0) is 4.79 Å². The van der Waals surface area contributed by atoms with Crippen molar-refractivity contribution in [2.75, 3.05) is 5.32 Å². The van der Waals surface area contributed by atoms with Crippen molar-refractivity contribution in [1.29, 1.82) is 5.26 Å². The minimum atomic E-state index is -0.0753. The molecule has 0 bridgehead atoms. The standard InChI is InChI=1S/C22H34N4OS/c1-2-3-4-5-6-7-8-9-10-11-12-17-21(27)25-26-22(28)24-20-16-14-13-15-19(20)18-23/h13-16H,2-12,17H2,1H3,(H,25,27)(H2,24,26,28). The summed E-state index contributed by atoms with van der Waals surface area (Å²) in [7, 11) is 0. The van der Waals surface area contributed by atoms with Gasteiger partial charge < -0.3 is 5.32 Å². The van der Waals surface area contributed by atoms with Gasteiger partial charge in [-0.05, 0) is 30.8 Å². The lowest BCUT2D eigenvalue weighted by Gasteiger charge is -2.12. The van der Waals surface area contributed by atoms with Crippen LogP contribution in [0.1, 0.15) is 89.5 Å². The number of anilines is 1. The van der Waals surface area contributed by atoms with Crippen LogP contribution in [0.5, 0.6) is 0 Å². The smallest absolute Gasteiger partial charge is 0.238 e. The molecular weight excluding hydrogens is 368 g/mol. The van der Waals surface area contributed by atoms with Crippen LogP contribution in [0.25, 0.3) is 0 Å². The molecular formula is C22H34N4OS. The molecule has 1 rings (SSSR count). The second kappa shape index (κ2) is 15.9. The Kier molecular flexibility index (Phi) is 13.6. The lowest BCUT2D eigenvalue weighted by atomic mass is 10.1. The van der Waals surface area contributed by atoms with Crippen molar-refractivity contribution in [3.63, 3.8) is 0 Å². The first-order valence-electron chi connectivity index (χ1n) is 10.5. The van der Waals surface area contributed by atoms with Gasteiger partial charge in [0.1, 0.15) is 6.07 Å². The molecule has 1 amide bonds. The summed E-state index contributed by atoms with van der Waals surface area (Å²) in [5.41, 5.74) is 6.40. The maximum absolute atomic E-state index is 11.9. The molecule has 0 saturated heterocycles. The molecule has 0 unspecified atom stereocenters. The summed E-state index contributed by atoms with van der Waals surface area (Å²) in [4.78, 5) is 11.9. The highest BCUT2D eigenvalue weighted by molar-refractivity contribution is 7.80. The normalized spacial score (nSPS) is 10.1. The van der Waals surface area contributed by atoms with Gasteiger partial charge in [0.05, 0.1) is 11.3 Å². The van der Waals surface area contributed by atoms with Crippen molar-refractivity contribution in [2.24, 2.45) is 0 Å². The molecule has 0 saturated carbocycles. The summed E-state index contributed by atoms with van der Waals surface area (Å²) in [6, 6.07) is 9.16. The van der Waals surface area contributed by atoms with E-state index in [4.69, 9.17) is 17.5 Å². The van der Waals surface area contributed by atoms with Crippen LogP contribution < -0.4 is 16.2 Å². The van der Waals surface area contributed by atoms with Crippen molar-refractivity contribution in [3.05, 3.63) is 29.8 Å².